The number of anilines is 1. The van der Waals surface area contributed by atoms with Crippen LogP contribution in [0.1, 0.15) is 16.7 Å². The quantitative estimate of drug-likeness (QED) is 0.812. The molecule has 1 N–H and O–H groups in total. The molecule has 0 spiro atoms. The first kappa shape index (κ1) is 20.8. The molecular weight excluding hydrogens is 366 g/mol. The summed E-state index contributed by atoms with van der Waals surface area (Å²) in [5, 5.41) is 3.04. The predicted molar refractivity (Wildman–Crippen MR) is 116 cm³/mol. The minimum Gasteiger partial charge on any atom is -0.493 e. The van der Waals surface area contributed by atoms with Gasteiger partial charge >= 0.3 is 6.03 Å². The Morgan fingerprint density at radius 3 is 2.41 bits per heavy atom. The number of aryl methyl sites for hydroxylation is 1. The first-order chi connectivity index (χ1) is 14.0. The lowest BCUT2D eigenvalue weighted by molar-refractivity contribution is 0.194. The molecule has 0 bridgehead atoms. The highest BCUT2D eigenvalue weighted by molar-refractivity contribution is 5.74. The fraction of sp³-hybridized carbons (Fsp3) is 0.435. The highest BCUT2D eigenvalue weighted by Gasteiger charge is 2.22. The lowest BCUT2D eigenvalue weighted by atomic mass is 10.1. The second-order valence-corrected chi connectivity index (χ2v) is 7.36. The third kappa shape index (κ3) is 4.94. The summed E-state index contributed by atoms with van der Waals surface area (Å²) in [5.41, 5.74) is 5.00. The van der Waals surface area contributed by atoms with Crippen molar-refractivity contribution in [1.29, 1.82) is 0 Å². The van der Waals surface area contributed by atoms with Crippen molar-refractivity contribution in [3.63, 3.8) is 0 Å². The number of nitrogens with zero attached hydrogens (tertiary/aromatic N) is 2. The topological polar surface area (TPSA) is 54.0 Å². The Labute approximate surface area is 173 Å². The average molecular weight is 398 g/mol. The standard InChI is InChI=1S/C23H31N3O3/c1-17-6-5-7-20(18(17)2)25-12-14-26(15-13-25)23(27)24-11-10-19-8-9-21(28-3)22(16-19)29-4/h5-9,16H,10-15H2,1-4H3,(H,24,27). The molecule has 0 aromatic heterocycles. The average Bonchev–Trinajstić information content (AvgIpc) is 2.75. The fourth-order valence-electron chi connectivity index (χ4n) is 3.69. The Morgan fingerprint density at radius 1 is 1.00 bits per heavy atom. The third-order valence-electron chi connectivity index (χ3n) is 5.62. The molecule has 1 aliphatic rings. The van der Waals surface area contributed by atoms with Gasteiger partial charge in [0, 0.05) is 38.4 Å². The summed E-state index contributed by atoms with van der Waals surface area (Å²) in [7, 11) is 3.25. The maximum absolute atomic E-state index is 12.5. The smallest absolute Gasteiger partial charge is 0.317 e. The monoisotopic (exact) mass is 397 g/mol. The van der Waals surface area contributed by atoms with Crippen LogP contribution in [-0.2, 0) is 6.42 Å². The van der Waals surface area contributed by atoms with E-state index in [1.165, 1.54) is 16.8 Å². The number of hydrogen-bond donors (Lipinski definition) is 1. The molecule has 2 aromatic rings. The van der Waals surface area contributed by atoms with E-state index in [4.69, 9.17) is 9.47 Å². The van der Waals surface area contributed by atoms with Gasteiger partial charge in [0.1, 0.15) is 0 Å². The molecule has 2 aromatic carbocycles. The minimum absolute atomic E-state index is 0.00564. The van der Waals surface area contributed by atoms with Gasteiger partial charge < -0.3 is 24.6 Å². The molecule has 1 heterocycles. The van der Waals surface area contributed by atoms with Gasteiger partial charge in [-0.3, -0.25) is 0 Å². The zero-order valence-electron chi connectivity index (χ0n) is 17.8. The Kier molecular flexibility index (Phi) is 6.86. The number of piperazine rings is 1. The summed E-state index contributed by atoms with van der Waals surface area (Å²) in [4.78, 5) is 16.8. The van der Waals surface area contributed by atoms with Gasteiger partial charge in [0.05, 0.1) is 14.2 Å². The minimum atomic E-state index is 0.00564. The molecule has 2 amide bonds. The highest BCUT2D eigenvalue weighted by Crippen LogP contribution is 2.27. The number of amides is 2. The number of methoxy groups -OCH3 is 2. The summed E-state index contributed by atoms with van der Waals surface area (Å²) in [6.07, 6.45) is 0.745. The number of rotatable bonds is 6. The Bertz CT molecular complexity index is 845. The van der Waals surface area contributed by atoms with Crippen LogP contribution in [0.25, 0.3) is 0 Å². The van der Waals surface area contributed by atoms with Crippen molar-refractivity contribution in [3.8, 4) is 11.5 Å². The molecular formula is C23H31N3O3. The summed E-state index contributed by atoms with van der Waals surface area (Å²) in [6, 6.07) is 12.3. The van der Waals surface area contributed by atoms with Crippen LogP contribution in [0.4, 0.5) is 10.5 Å². The second-order valence-electron chi connectivity index (χ2n) is 7.36. The van der Waals surface area contributed by atoms with Gasteiger partial charge in [-0.25, -0.2) is 4.79 Å². The van der Waals surface area contributed by atoms with E-state index in [2.05, 4.69) is 42.3 Å². The molecule has 1 saturated heterocycles. The van der Waals surface area contributed by atoms with Gasteiger partial charge in [-0.15, -0.1) is 0 Å². The zero-order valence-corrected chi connectivity index (χ0v) is 17.8. The lowest BCUT2D eigenvalue weighted by Crippen LogP contribution is -2.52. The molecule has 0 saturated carbocycles. The molecule has 156 valence electrons. The van der Waals surface area contributed by atoms with Crippen LogP contribution < -0.4 is 19.7 Å². The first-order valence-electron chi connectivity index (χ1n) is 10.1. The predicted octanol–water partition coefficient (Wildman–Crippen LogP) is 3.39. The van der Waals surface area contributed by atoms with Gasteiger partial charge in [0.25, 0.3) is 0 Å². The molecule has 0 radical (unpaired) electrons. The molecule has 6 heteroatoms. The summed E-state index contributed by atoms with van der Waals surface area (Å²) >= 11 is 0. The molecule has 0 atom stereocenters. The molecule has 0 aliphatic carbocycles. The number of carbonyl (C=O) groups is 1. The fourth-order valence-corrected chi connectivity index (χ4v) is 3.69. The van der Waals surface area contributed by atoms with Crippen molar-refractivity contribution in [3.05, 3.63) is 53.1 Å². The number of urea groups is 1. The van der Waals surface area contributed by atoms with Crippen LogP contribution in [0, 0.1) is 13.8 Å². The van der Waals surface area contributed by atoms with E-state index in [1.807, 2.05) is 23.1 Å². The molecule has 1 fully saturated rings. The number of ether oxygens (including phenoxy) is 2. The molecule has 0 unspecified atom stereocenters. The van der Waals surface area contributed by atoms with E-state index >= 15 is 0 Å². The number of carbonyl (C=O) groups excluding carboxylic acids is 1. The van der Waals surface area contributed by atoms with Crippen molar-refractivity contribution >= 4 is 11.7 Å². The van der Waals surface area contributed by atoms with Crippen LogP contribution in [0.3, 0.4) is 0 Å². The number of benzene rings is 2. The second kappa shape index (κ2) is 9.54. The summed E-state index contributed by atoms with van der Waals surface area (Å²) < 4.78 is 10.6. The summed E-state index contributed by atoms with van der Waals surface area (Å²) in [6.45, 7) is 8.07. The molecule has 6 nitrogen and oxygen atoms in total. The Balaban J connectivity index is 1.47. The van der Waals surface area contributed by atoms with Crippen LogP contribution in [0.15, 0.2) is 36.4 Å². The normalized spacial score (nSPS) is 13.9. The van der Waals surface area contributed by atoms with E-state index < -0.39 is 0 Å². The van der Waals surface area contributed by atoms with E-state index in [9.17, 15) is 4.79 Å². The molecule has 1 aliphatic heterocycles. The van der Waals surface area contributed by atoms with Crippen molar-refractivity contribution in [2.45, 2.75) is 20.3 Å². The van der Waals surface area contributed by atoms with E-state index in [1.54, 1.807) is 14.2 Å². The van der Waals surface area contributed by atoms with E-state index in [0.29, 0.717) is 18.0 Å². The van der Waals surface area contributed by atoms with Crippen LogP contribution in [0.2, 0.25) is 0 Å². The third-order valence-corrected chi connectivity index (χ3v) is 5.62. The first-order valence-corrected chi connectivity index (χ1v) is 10.1. The number of hydrogen-bond acceptors (Lipinski definition) is 4. The van der Waals surface area contributed by atoms with Crippen molar-refractivity contribution in [2.75, 3.05) is 51.8 Å². The highest BCUT2D eigenvalue weighted by atomic mass is 16.5. The van der Waals surface area contributed by atoms with Crippen LogP contribution >= 0.6 is 0 Å². The van der Waals surface area contributed by atoms with Gasteiger partial charge in [-0.1, -0.05) is 18.2 Å². The van der Waals surface area contributed by atoms with E-state index in [-0.39, 0.29) is 6.03 Å². The molecule has 29 heavy (non-hydrogen) atoms. The van der Waals surface area contributed by atoms with Crippen molar-refractivity contribution in [1.82, 2.24) is 10.2 Å². The van der Waals surface area contributed by atoms with Crippen LogP contribution in [-0.4, -0.2) is 57.9 Å². The summed E-state index contributed by atoms with van der Waals surface area (Å²) in [5.74, 6) is 1.42. The van der Waals surface area contributed by atoms with Crippen molar-refractivity contribution in [2.24, 2.45) is 0 Å². The van der Waals surface area contributed by atoms with Gasteiger partial charge in [-0.05, 0) is 55.2 Å². The Morgan fingerprint density at radius 2 is 1.72 bits per heavy atom. The Hall–Kier alpha value is -2.89. The van der Waals surface area contributed by atoms with E-state index in [0.717, 1.165) is 38.2 Å². The SMILES string of the molecule is COc1ccc(CCNC(=O)N2CCN(c3cccc(C)c3C)CC2)cc1OC. The maximum Gasteiger partial charge on any atom is 0.317 e. The van der Waals surface area contributed by atoms with Crippen molar-refractivity contribution < 1.29 is 14.3 Å². The van der Waals surface area contributed by atoms with Gasteiger partial charge in [-0.2, -0.15) is 0 Å². The largest absolute Gasteiger partial charge is 0.493 e. The zero-order chi connectivity index (χ0) is 20.8. The van der Waals surface area contributed by atoms with Gasteiger partial charge in [0.2, 0.25) is 0 Å². The van der Waals surface area contributed by atoms with Gasteiger partial charge in [0.15, 0.2) is 11.5 Å². The maximum atomic E-state index is 12.5. The lowest BCUT2D eigenvalue weighted by Gasteiger charge is -2.37. The van der Waals surface area contributed by atoms with Crippen LogP contribution in [0.5, 0.6) is 11.5 Å². The molecule has 3 rings (SSSR count). The number of nitrogens with one attached hydrogen (secondary N) is 1.